The molecule has 0 aliphatic heterocycles. The summed E-state index contributed by atoms with van der Waals surface area (Å²) >= 11 is 1.67. The van der Waals surface area contributed by atoms with Crippen LogP contribution in [-0.2, 0) is 12.8 Å². The second-order valence-corrected chi connectivity index (χ2v) is 6.68. The highest BCUT2D eigenvalue weighted by atomic mass is 32.2. The van der Waals surface area contributed by atoms with E-state index < -0.39 is 0 Å². The number of aromatic nitrogens is 3. The second-order valence-electron chi connectivity index (χ2n) is 5.74. The van der Waals surface area contributed by atoms with Gasteiger partial charge in [-0.3, -0.25) is 0 Å². The lowest BCUT2D eigenvalue weighted by Crippen LogP contribution is -1.91. The summed E-state index contributed by atoms with van der Waals surface area (Å²) in [5.74, 6) is 1.39. The molecule has 0 unspecified atom stereocenters. The molecule has 0 amide bonds. The lowest BCUT2D eigenvalue weighted by atomic mass is 10.1. The van der Waals surface area contributed by atoms with E-state index in [1.165, 1.54) is 5.56 Å². The predicted octanol–water partition coefficient (Wildman–Crippen LogP) is 4.83. The Bertz CT molecular complexity index is 985. The van der Waals surface area contributed by atoms with Gasteiger partial charge in [0.1, 0.15) is 6.26 Å². The van der Waals surface area contributed by atoms with E-state index >= 15 is 0 Å². The van der Waals surface area contributed by atoms with Crippen LogP contribution in [0.25, 0.3) is 22.5 Å². The van der Waals surface area contributed by atoms with Crippen LogP contribution in [0.4, 0.5) is 0 Å². The average Bonchev–Trinajstić information content (AvgIpc) is 3.19. The van der Waals surface area contributed by atoms with Gasteiger partial charge in [-0.05, 0) is 31.2 Å². The van der Waals surface area contributed by atoms with Crippen LogP contribution in [0.5, 0.6) is 0 Å². The van der Waals surface area contributed by atoms with Gasteiger partial charge in [0.2, 0.25) is 5.89 Å². The maximum atomic E-state index is 5.62. The number of para-hydroxylation sites is 2. The predicted molar refractivity (Wildman–Crippen MR) is 97.0 cm³/mol. The Hall–Kier alpha value is -2.53. The van der Waals surface area contributed by atoms with Crippen LogP contribution in [0.2, 0.25) is 0 Å². The third-order valence-corrected chi connectivity index (χ3v) is 5.01. The van der Waals surface area contributed by atoms with E-state index in [0.717, 1.165) is 33.2 Å². The molecule has 0 atom stereocenters. The van der Waals surface area contributed by atoms with Crippen molar-refractivity contribution in [2.45, 2.75) is 17.8 Å². The van der Waals surface area contributed by atoms with E-state index in [9.17, 15) is 0 Å². The van der Waals surface area contributed by atoms with Crippen LogP contribution in [0.15, 0.2) is 64.4 Å². The highest BCUT2D eigenvalue weighted by Gasteiger charge is 2.11. The Morgan fingerprint density at radius 2 is 1.83 bits per heavy atom. The standard InChI is InChI=1S/C19H17N3OS/c1-13-7-9-14(10-8-13)18-20-15(11-23-18)12-24-19-21-16-5-3-4-6-17(16)22(19)2/h3-11H,12H2,1-2H3. The molecule has 0 N–H and O–H groups in total. The first-order valence-electron chi connectivity index (χ1n) is 7.76. The summed E-state index contributed by atoms with van der Waals surface area (Å²) in [6.07, 6.45) is 1.73. The molecule has 0 aliphatic carbocycles. The van der Waals surface area contributed by atoms with E-state index in [4.69, 9.17) is 4.42 Å². The van der Waals surface area contributed by atoms with Gasteiger partial charge >= 0.3 is 0 Å². The van der Waals surface area contributed by atoms with Crippen LogP contribution < -0.4 is 0 Å². The number of thioether (sulfide) groups is 1. The molecule has 0 saturated heterocycles. The Morgan fingerprint density at radius 1 is 1.04 bits per heavy atom. The van der Waals surface area contributed by atoms with Gasteiger partial charge in [-0.1, -0.05) is 41.6 Å². The van der Waals surface area contributed by atoms with E-state index in [-0.39, 0.29) is 0 Å². The molecule has 4 rings (SSSR count). The van der Waals surface area contributed by atoms with Gasteiger partial charge in [-0.25, -0.2) is 9.97 Å². The first kappa shape index (κ1) is 15.0. The number of aryl methyl sites for hydroxylation is 2. The van der Waals surface area contributed by atoms with Crippen molar-refractivity contribution in [1.29, 1.82) is 0 Å². The summed E-state index contributed by atoms with van der Waals surface area (Å²) in [4.78, 5) is 9.25. The molecule has 2 heterocycles. The van der Waals surface area contributed by atoms with Gasteiger partial charge in [0.25, 0.3) is 0 Å². The van der Waals surface area contributed by atoms with Crippen molar-refractivity contribution in [1.82, 2.24) is 14.5 Å². The zero-order chi connectivity index (χ0) is 16.5. The Labute approximate surface area is 144 Å². The van der Waals surface area contributed by atoms with E-state index in [2.05, 4.69) is 39.7 Å². The van der Waals surface area contributed by atoms with Crippen LogP contribution in [0, 0.1) is 6.92 Å². The molecule has 4 nitrogen and oxygen atoms in total. The van der Waals surface area contributed by atoms with Crippen molar-refractivity contribution in [2.75, 3.05) is 0 Å². The fraction of sp³-hybridized carbons (Fsp3) is 0.158. The number of hydrogen-bond acceptors (Lipinski definition) is 4. The molecule has 0 spiro atoms. The number of nitrogens with zero attached hydrogens (tertiary/aromatic N) is 3. The zero-order valence-electron chi connectivity index (χ0n) is 13.6. The molecular formula is C19H17N3OS. The van der Waals surface area contributed by atoms with Crippen LogP contribution in [0.3, 0.4) is 0 Å². The normalized spacial score (nSPS) is 11.2. The first-order valence-corrected chi connectivity index (χ1v) is 8.75. The molecular weight excluding hydrogens is 318 g/mol. The largest absolute Gasteiger partial charge is 0.444 e. The first-order chi connectivity index (χ1) is 11.7. The number of benzene rings is 2. The third-order valence-electron chi connectivity index (χ3n) is 3.95. The summed E-state index contributed by atoms with van der Waals surface area (Å²) in [7, 11) is 2.04. The number of rotatable bonds is 4. The van der Waals surface area contributed by atoms with Crippen molar-refractivity contribution in [3.8, 4) is 11.5 Å². The summed E-state index contributed by atoms with van der Waals surface area (Å²) in [6.45, 7) is 2.07. The number of hydrogen-bond donors (Lipinski definition) is 0. The fourth-order valence-electron chi connectivity index (χ4n) is 2.59. The minimum Gasteiger partial charge on any atom is -0.444 e. The van der Waals surface area contributed by atoms with Crippen LogP contribution in [0.1, 0.15) is 11.3 Å². The van der Waals surface area contributed by atoms with Gasteiger partial charge in [0, 0.05) is 18.4 Å². The minimum absolute atomic E-state index is 0.663. The molecule has 2 aromatic heterocycles. The highest BCUT2D eigenvalue weighted by molar-refractivity contribution is 7.98. The molecule has 120 valence electrons. The van der Waals surface area contributed by atoms with E-state index in [0.29, 0.717) is 5.89 Å². The summed E-state index contributed by atoms with van der Waals surface area (Å²) in [5.41, 5.74) is 5.30. The quantitative estimate of drug-likeness (QED) is 0.501. The Morgan fingerprint density at radius 3 is 2.62 bits per heavy atom. The van der Waals surface area contributed by atoms with Crippen LogP contribution in [-0.4, -0.2) is 14.5 Å². The molecule has 5 heteroatoms. The second kappa shape index (κ2) is 6.17. The monoisotopic (exact) mass is 335 g/mol. The van der Waals surface area contributed by atoms with Crippen molar-refractivity contribution >= 4 is 22.8 Å². The van der Waals surface area contributed by atoms with Crippen molar-refractivity contribution in [2.24, 2.45) is 7.05 Å². The molecule has 2 aromatic carbocycles. The van der Waals surface area contributed by atoms with E-state index in [1.54, 1.807) is 18.0 Å². The summed E-state index contributed by atoms with van der Waals surface area (Å²) < 4.78 is 7.73. The molecule has 4 aromatic rings. The Balaban J connectivity index is 1.51. The molecule has 0 aliphatic rings. The zero-order valence-corrected chi connectivity index (χ0v) is 14.4. The average molecular weight is 335 g/mol. The van der Waals surface area contributed by atoms with Gasteiger partial charge in [-0.2, -0.15) is 0 Å². The van der Waals surface area contributed by atoms with Crippen molar-refractivity contribution in [3.63, 3.8) is 0 Å². The molecule has 0 radical (unpaired) electrons. The third kappa shape index (κ3) is 2.83. The van der Waals surface area contributed by atoms with Gasteiger partial charge in [0.15, 0.2) is 5.16 Å². The van der Waals surface area contributed by atoms with Crippen molar-refractivity contribution in [3.05, 3.63) is 66.1 Å². The molecule has 0 bridgehead atoms. The van der Waals surface area contributed by atoms with Gasteiger partial charge < -0.3 is 8.98 Å². The van der Waals surface area contributed by atoms with Crippen LogP contribution >= 0.6 is 11.8 Å². The highest BCUT2D eigenvalue weighted by Crippen LogP contribution is 2.27. The minimum atomic E-state index is 0.663. The maximum absolute atomic E-state index is 5.62. The number of oxazole rings is 1. The lowest BCUT2D eigenvalue weighted by Gasteiger charge is -2.00. The topological polar surface area (TPSA) is 43.9 Å². The van der Waals surface area contributed by atoms with E-state index in [1.807, 2.05) is 37.4 Å². The molecule has 0 fully saturated rings. The molecule has 0 saturated carbocycles. The van der Waals surface area contributed by atoms with Crippen molar-refractivity contribution < 1.29 is 4.42 Å². The number of imidazole rings is 1. The fourth-order valence-corrected chi connectivity index (χ4v) is 3.46. The number of fused-ring (bicyclic) bond motifs is 1. The van der Waals surface area contributed by atoms with Gasteiger partial charge in [-0.15, -0.1) is 0 Å². The maximum Gasteiger partial charge on any atom is 0.226 e. The Kier molecular flexibility index (Phi) is 3.86. The summed E-state index contributed by atoms with van der Waals surface area (Å²) in [6, 6.07) is 16.3. The molecule has 24 heavy (non-hydrogen) atoms. The van der Waals surface area contributed by atoms with Gasteiger partial charge in [0.05, 0.1) is 16.7 Å². The smallest absolute Gasteiger partial charge is 0.226 e. The summed E-state index contributed by atoms with van der Waals surface area (Å²) in [5, 5.41) is 0.982. The lowest BCUT2D eigenvalue weighted by molar-refractivity contribution is 0.573. The SMILES string of the molecule is Cc1ccc(-c2nc(CSc3nc4ccccc4n3C)co2)cc1.